The Balaban J connectivity index is 1.77. The number of hydrogen-bond acceptors (Lipinski definition) is 6. The summed E-state index contributed by atoms with van der Waals surface area (Å²) in [6.07, 6.45) is 12.2. The summed E-state index contributed by atoms with van der Waals surface area (Å²) in [5, 5.41) is 0. The van der Waals surface area contributed by atoms with Gasteiger partial charge in [0.1, 0.15) is 25.4 Å². The number of carbonyl (C=O) groups is 2. The zero-order chi connectivity index (χ0) is 25.3. The molecule has 2 atom stereocenters. The molecule has 0 bridgehead atoms. The summed E-state index contributed by atoms with van der Waals surface area (Å²) < 4.78 is 20.8. The molecule has 0 aliphatic carbocycles. The summed E-state index contributed by atoms with van der Waals surface area (Å²) in [6, 6.07) is 5.84. The molecule has 0 spiro atoms. The fourth-order valence-corrected chi connectivity index (χ4v) is 3.66. The van der Waals surface area contributed by atoms with Gasteiger partial charge in [0.25, 0.3) is 0 Å². The number of epoxide rings is 2. The van der Waals surface area contributed by atoms with Crippen LogP contribution in [0.3, 0.4) is 0 Å². The van der Waals surface area contributed by atoms with Gasteiger partial charge >= 0.3 is 11.9 Å². The molecule has 2 fully saturated rings. The van der Waals surface area contributed by atoms with Crippen LogP contribution in [-0.2, 0) is 35.6 Å². The van der Waals surface area contributed by atoms with Gasteiger partial charge in [-0.05, 0) is 42.0 Å². The van der Waals surface area contributed by atoms with Gasteiger partial charge in [-0.25, -0.2) is 4.79 Å². The monoisotopic (exact) mass is 480 g/mol. The highest BCUT2D eigenvalue weighted by atomic mass is 16.6. The zero-order valence-electron chi connectivity index (χ0n) is 20.8. The largest absolute Gasteiger partial charge is 0.463 e. The lowest BCUT2D eigenvalue weighted by atomic mass is 9.75. The van der Waals surface area contributed by atoms with Gasteiger partial charge in [-0.2, -0.15) is 0 Å². The van der Waals surface area contributed by atoms with E-state index in [-0.39, 0.29) is 42.6 Å². The van der Waals surface area contributed by atoms with E-state index < -0.39 is 0 Å². The molecular weight excluding hydrogens is 444 g/mol. The minimum absolute atomic E-state index is 0.0226. The van der Waals surface area contributed by atoms with Crippen LogP contribution >= 0.6 is 0 Å². The lowest BCUT2D eigenvalue weighted by Gasteiger charge is -2.28. The molecule has 0 amide bonds. The van der Waals surface area contributed by atoms with Crippen LogP contribution in [-0.4, -0.2) is 50.6 Å². The van der Waals surface area contributed by atoms with Crippen LogP contribution in [0.15, 0.2) is 67.3 Å². The molecule has 3 rings (SSSR count). The van der Waals surface area contributed by atoms with E-state index >= 15 is 0 Å². The van der Waals surface area contributed by atoms with Gasteiger partial charge in [0.2, 0.25) is 0 Å². The van der Waals surface area contributed by atoms with Crippen LogP contribution in [0.1, 0.15) is 54.6 Å². The van der Waals surface area contributed by atoms with E-state index in [0.29, 0.717) is 31.8 Å². The van der Waals surface area contributed by atoms with Gasteiger partial charge < -0.3 is 18.9 Å². The molecule has 6 nitrogen and oxygen atoms in total. The SMILES string of the molecule is C=CCC/C=C(\C=C/CC(=O)OCC1CO1)C(C)(C)c1ccc(C(=O)OCC2CO2)c(CC=C)c1. The summed E-state index contributed by atoms with van der Waals surface area (Å²) >= 11 is 0. The smallest absolute Gasteiger partial charge is 0.338 e. The molecule has 2 heterocycles. The molecule has 1 aromatic rings. The molecule has 0 radical (unpaired) electrons. The molecule has 2 unspecified atom stereocenters. The molecule has 2 aliphatic heterocycles. The predicted octanol–water partition coefficient (Wildman–Crippen LogP) is 5.03. The van der Waals surface area contributed by atoms with Crippen molar-refractivity contribution in [1.29, 1.82) is 0 Å². The van der Waals surface area contributed by atoms with E-state index in [0.717, 1.165) is 29.5 Å². The Hall–Kier alpha value is -2.96. The maximum atomic E-state index is 12.7. The van der Waals surface area contributed by atoms with Crippen molar-refractivity contribution in [3.63, 3.8) is 0 Å². The second kappa shape index (κ2) is 12.7. The Kier molecular flexibility index (Phi) is 9.64. The topological polar surface area (TPSA) is 77.7 Å². The van der Waals surface area contributed by atoms with Gasteiger partial charge in [-0.3, -0.25) is 4.79 Å². The zero-order valence-corrected chi connectivity index (χ0v) is 20.8. The summed E-state index contributed by atoms with van der Waals surface area (Å²) in [7, 11) is 0. The third-order valence-corrected chi connectivity index (χ3v) is 6.09. The number of allylic oxidation sites excluding steroid dienone is 5. The van der Waals surface area contributed by atoms with Crippen molar-refractivity contribution in [2.24, 2.45) is 0 Å². The van der Waals surface area contributed by atoms with Crippen molar-refractivity contribution in [2.45, 2.75) is 57.2 Å². The highest BCUT2D eigenvalue weighted by molar-refractivity contribution is 5.91. The summed E-state index contributed by atoms with van der Waals surface area (Å²) in [5.41, 5.74) is 3.17. The Bertz CT molecular complexity index is 979. The molecular formula is C29H36O6. The number of esters is 2. The van der Waals surface area contributed by atoms with Crippen LogP contribution in [0.25, 0.3) is 0 Å². The molecule has 0 N–H and O–H groups in total. The fraction of sp³-hybridized carbons (Fsp3) is 0.448. The molecule has 188 valence electrons. The maximum Gasteiger partial charge on any atom is 0.338 e. The Morgan fingerprint density at radius 1 is 1.06 bits per heavy atom. The predicted molar refractivity (Wildman–Crippen MR) is 135 cm³/mol. The fourth-order valence-electron chi connectivity index (χ4n) is 3.66. The number of ether oxygens (including phenoxy) is 4. The molecule has 35 heavy (non-hydrogen) atoms. The van der Waals surface area contributed by atoms with Crippen LogP contribution < -0.4 is 0 Å². The van der Waals surface area contributed by atoms with Crippen molar-refractivity contribution in [3.8, 4) is 0 Å². The third-order valence-electron chi connectivity index (χ3n) is 6.09. The van der Waals surface area contributed by atoms with Gasteiger partial charge in [0, 0.05) is 5.41 Å². The number of benzene rings is 1. The normalized spacial score (nSPS) is 19.3. The first kappa shape index (κ1) is 26.6. The van der Waals surface area contributed by atoms with Crippen molar-refractivity contribution in [3.05, 3.63) is 84.0 Å². The van der Waals surface area contributed by atoms with Crippen molar-refractivity contribution in [1.82, 2.24) is 0 Å². The molecule has 6 heteroatoms. The summed E-state index contributed by atoms with van der Waals surface area (Å²) in [5.74, 6) is -0.619. The average molecular weight is 481 g/mol. The van der Waals surface area contributed by atoms with Crippen molar-refractivity contribution < 1.29 is 28.5 Å². The molecule has 0 aromatic heterocycles. The van der Waals surface area contributed by atoms with E-state index in [9.17, 15) is 9.59 Å². The highest BCUT2D eigenvalue weighted by Crippen LogP contribution is 2.34. The standard InChI is InChI=1S/C29H36O6/c1-5-7-8-11-22(12-9-13-27(30)34-19-24-17-32-24)29(3,4)23-14-15-26(21(16-23)10-6-2)28(31)35-20-25-18-33-25/h5-6,9,11-12,14-16,24-25H,1-2,7-8,10,13,17-20H2,3-4H3/b12-9-,22-11+. The van der Waals surface area contributed by atoms with Gasteiger partial charge in [0.15, 0.2) is 0 Å². The highest BCUT2D eigenvalue weighted by Gasteiger charge is 2.28. The summed E-state index contributed by atoms with van der Waals surface area (Å²) in [4.78, 5) is 24.7. The van der Waals surface area contributed by atoms with Crippen LogP contribution in [0.5, 0.6) is 0 Å². The summed E-state index contributed by atoms with van der Waals surface area (Å²) in [6.45, 7) is 13.8. The first-order valence-corrected chi connectivity index (χ1v) is 12.1. The molecule has 2 aliphatic rings. The maximum absolute atomic E-state index is 12.7. The van der Waals surface area contributed by atoms with Gasteiger partial charge in [-0.1, -0.05) is 56.4 Å². The second-order valence-corrected chi connectivity index (χ2v) is 9.31. The van der Waals surface area contributed by atoms with Gasteiger partial charge in [0.05, 0.1) is 25.2 Å². The van der Waals surface area contributed by atoms with Crippen LogP contribution in [0.2, 0.25) is 0 Å². The van der Waals surface area contributed by atoms with E-state index in [2.05, 4.69) is 33.1 Å². The minimum atomic E-state index is -0.371. The number of unbranched alkanes of at least 4 members (excludes halogenated alkanes) is 1. The molecule has 1 aromatic carbocycles. The second-order valence-electron chi connectivity index (χ2n) is 9.31. The Labute approximate surface area is 208 Å². The molecule has 0 saturated carbocycles. The third kappa shape index (κ3) is 8.34. The minimum Gasteiger partial charge on any atom is -0.463 e. The quantitative estimate of drug-likeness (QED) is 0.115. The van der Waals surface area contributed by atoms with E-state index in [4.69, 9.17) is 18.9 Å². The lowest BCUT2D eigenvalue weighted by Crippen LogP contribution is -2.21. The number of carbonyl (C=O) groups excluding carboxylic acids is 2. The number of hydrogen-bond donors (Lipinski definition) is 0. The van der Waals surface area contributed by atoms with Crippen LogP contribution in [0, 0.1) is 0 Å². The van der Waals surface area contributed by atoms with Crippen LogP contribution in [0.4, 0.5) is 0 Å². The Morgan fingerprint density at radius 3 is 2.37 bits per heavy atom. The first-order chi connectivity index (χ1) is 16.8. The van der Waals surface area contributed by atoms with E-state index in [1.54, 1.807) is 6.08 Å². The van der Waals surface area contributed by atoms with Crippen molar-refractivity contribution >= 4 is 11.9 Å². The molecule has 2 saturated heterocycles. The van der Waals surface area contributed by atoms with E-state index in [1.165, 1.54) is 0 Å². The number of rotatable bonds is 15. The lowest BCUT2D eigenvalue weighted by molar-refractivity contribution is -0.143. The van der Waals surface area contributed by atoms with E-state index in [1.807, 2.05) is 36.4 Å². The Morgan fingerprint density at radius 2 is 1.74 bits per heavy atom. The van der Waals surface area contributed by atoms with Gasteiger partial charge in [-0.15, -0.1) is 13.2 Å². The first-order valence-electron chi connectivity index (χ1n) is 12.1. The average Bonchev–Trinajstić information content (AvgIpc) is 3.75. The van der Waals surface area contributed by atoms with Crippen molar-refractivity contribution in [2.75, 3.05) is 26.4 Å².